The molecule has 0 aliphatic heterocycles. The van der Waals surface area contributed by atoms with E-state index in [0.29, 0.717) is 17.8 Å². The molecule has 0 spiro atoms. The Labute approximate surface area is 323 Å². The van der Waals surface area contributed by atoms with Crippen LogP contribution in [0.2, 0.25) is 0 Å². The highest BCUT2D eigenvalue weighted by Gasteiger charge is 2.42. The summed E-state index contributed by atoms with van der Waals surface area (Å²) < 4.78 is 75.1. The number of allylic oxidation sites excluding steroid dienone is 4. The Hall–Kier alpha value is -2.92. The van der Waals surface area contributed by atoms with Gasteiger partial charge in [0.2, 0.25) is 6.41 Å². The summed E-state index contributed by atoms with van der Waals surface area (Å²) in [4.78, 5) is 27.3. The van der Waals surface area contributed by atoms with Crippen LogP contribution < -0.4 is 5.56 Å². The van der Waals surface area contributed by atoms with E-state index < -0.39 is 29.0 Å². The van der Waals surface area contributed by atoms with Crippen LogP contribution in [0.15, 0.2) is 33.2 Å². The van der Waals surface area contributed by atoms with Gasteiger partial charge in [-0.2, -0.15) is 31.4 Å². The number of aliphatic imine (C=N–C) groups is 1. The van der Waals surface area contributed by atoms with Crippen LogP contribution in [0.5, 0.6) is 0 Å². The molecule has 1 aliphatic rings. The van der Waals surface area contributed by atoms with Gasteiger partial charge in [-0.3, -0.25) is 14.6 Å². The second kappa shape index (κ2) is 32.3. The zero-order valence-electron chi connectivity index (χ0n) is 35.6. The predicted octanol–water partition coefficient (Wildman–Crippen LogP) is 13.4. The molecule has 0 radical (unpaired) electrons. The minimum absolute atomic E-state index is 0.0166. The molecule has 2 rings (SSSR count). The number of amides is 1. The van der Waals surface area contributed by atoms with Gasteiger partial charge in [0, 0.05) is 30.9 Å². The van der Waals surface area contributed by atoms with E-state index in [1.807, 2.05) is 30.8 Å². The summed E-state index contributed by atoms with van der Waals surface area (Å²) in [6, 6.07) is 0. The number of rotatable bonds is 16. The summed E-state index contributed by atoms with van der Waals surface area (Å²) in [7, 11) is 0. The van der Waals surface area contributed by atoms with Gasteiger partial charge in [0.05, 0.1) is 11.3 Å². The highest BCUT2D eigenvalue weighted by Crippen LogP contribution is 2.42. The SMILES string of the molecule is CCC(C)C.CCC(C)C1CCc2c1n[nH]c(=O)c2C(F)(F)F.CCCCCC.CCCCCN(C=O)CCC.C\C=C(/C=N\C(C)=C/CC)C(F)(F)F. The van der Waals surface area contributed by atoms with Crippen LogP contribution in [0.1, 0.15) is 183 Å². The van der Waals surface area contributed by atoms with Crippen molar-refractivity contribution in [2.24, 2.45) is 16.8 Å². The van der Waals surface area contributed by atoms with Crippen LogP contribution in [0.25, 0.3) is 0 Å². The van der Waals surface area contributed by atoms with Crippen LogP contribution in [0.4, 0.5) is 26.3 Å². The second-order valence-corrected chi connectivity index (χ2v) is 13.9. The molecule has 0 saturated carbocycles. The molecule has 2 unspecified atom stereocenters. The molecule has 0 saturated heterocycles. The van der Waals surface area contributed by atoms with Gasteiger partial charge in [0.1, 0.15) is 5.56 Å². The summed E-state index contributed by atoms with van der Waals surface area (Å²) >= 11 is 0. The Kier molecular flexibility index (Phi) is 33.2. The minimum atomic E-state index is -4.61. The maximum Gasteiger partial charge on any atom is 0.422 e. The standard InChI is InChI=1S/C12H15F3N2O.C10H14F3N.C9H19NO.C6H14.C5H12/c1-3-6(2)7-4-5-8-9(12(13,14)15)11(18)17-16-10(7)8;1-4-6-8(3)14-7-9(5-2)10(11,12)13;1-3-5-6-8-10(9-11)7-4-2;1-3-5-6-4-2;1-4-5(2)3/h6-7H,3-5H2,1-2H3,(H,17,18);5-7H,4H2,1-3H3;9H,3-8H2,1-2H3;3-6H2,1-2H3;5H,4H2,1-3H3/b;8-6-,9-5+,14-7-;;;. The number of H-pyrrole nitrogens is 1. The Bertz CT molecular complexity index is 1230. The monoisotopic (exact) mass is 781 g/mol. The molecule has 1 N–H and O–H groups in total. The van der Waals surface area contributed by atoms with Crippen molar-refractivity contribution in [1.29, 1.82) is 0 Å². The molecule has 0 bridgehead atoms. The third kappa shape index (κ3) is 26.0. The lowest BCUT2D eigenvalue weighted by Gasteiger charge is -2.17. The molecular weight excluding hydrogens is 706 g/mol. The van der Waals surface area contributed by atoms with Crippen molar-refractivity contribution < 1.29 is 31.1 Å². The van der Waals surface area contributed by atoms with E-state index in [1.54, 1.807) is 13.0 Å². The Morgan fingerprint density at radius 2 is 1.43 bits per heavy atom. The molecule has 1 aromatic rings. The molecule has 1 aliphatic carbocycles. The van der Waals surface area contributed by atoms with Gasteiger partial charge in [0.15, 0.2) is 0 Å². The van der Waals surface area contributed by atoms with Crippen molar-refractivity contribution >= 4 is 12.6 Å². The molecule has 6 nitrogen and oxygen atoms in total. The normalized spacial score (nSPS) is 14.8. The van der Waals surface area contributed by atoms with Gasteiger partial charge in [-0.15, -0.1) is 0 Å². The molecular formula is C42H74F6N4O2. The number of hydrogen-bond acceptors (Lipinski definition) is 4. The fourth-order valence-corrected chi connectivity index (χ4v) is 5.03. The van der Waals surface area contributed by atoms with Crippen molar-refractivity contribution in [2.75, 3.05) is 13.1 Å². The molecule has 316 valence electrons. The summed E-state index contributed by atoms with van der Waals surface area (Å²) in [5.74, 6) is 1.17. The van der Waals surface area contributed by atoms with E-state index in [0.717, 1.165) is 63.4 Å². The lowest BCUT2D eigenvalue weighted by Crippen LogP contribution is -2.26. The molecule has 1 amide bonds. The summed E-state index contributed by atoms with van der Waals surface area (Å²) in [5, 5.41) is 5.84. The molecule has 1 aromatic heterocycles. The number of carbonyl (C=O) groups is 1. The Morgan fingerprint density at radius 1 is 0.889 bits per heavy atom. The highest BCUT2D eigenvalue weighted by atomic mass is 19.4. The highest BCUT2D eigenvalue weighted by molar-refractivity contribution is 5.80. The molecule has 0 fully saturated rings. The van der Waals surface area contributed by atoms with E-state index in [1.165, 1.54) is 51.9 Å². The summed E-state index contributed by atoms with van der Waals surface area (Å²) in [5.41, 5.74) is -1.80. The average molecular weight is 781 g/mol. The first-order valence-electron chi connectivity index (χ1n) is 20.1. The maximum absolute atomic E-state index is 12.9. The van der Waals surface area contributed by atoms with Crippen molar-refractivity contribution in [1.82, 2.24) is 15.1 Å². The topological polar surface area (TPSA) is 78.4 Å². The first-order valence-corrected chi connectivity index (χ1v) is 20.1. The number of fused-ring (bicyclic) bond motifs is 1. The van der Waals surface area contributed by atoms with E-state index in [-0.39, 0.29) is 23.8 Å². The van der Waals surface area contributed by atoms with Crippen LogP contribution in [0, 0.1) is 11.8 Å². The fourth-order valence-electron chi connectivity index (χ4n) is 5.03. The summed E-state index contributed by atoms with van der Waals surface area (Å²) in [6.45, 7) is 26.1. The molecule has 54 heavy (non-hydrogen) atoms. The van der Waals surface area contributed by atoms with Crippen molar-refractivity contribution in [3.8, 4) is 0 Å². The molecule has 1 heterocycles. The number of unbranched alkanes of at least 4 members (excludes halogenated alkanes) is 5. The van der Waals surface area contributed by atoms with E-state index in [4.69, 9.17) is 0 Å². The zero-order chi connectivity index (χ0) is 42.3. The number of halogens is 6. The minimum Gasteiger partial charge on any atom is -0.345 e. The van der Waals surface area contributed by atoms with Crippen LogP contribution in [-0.4, -0.2) is 47.0 Å². The van der Waals surface area contributed by atoms with E-state index in [9.17, 15) is 35.9 Å². The van der Waals surface area contributed by atoms with Gasteiger partial charge >= 0.3 is 12.4 Å². The van der Waals surface area contributed by atoms with Crippen molar-refractivity contribution in [3.05, 3.63) is 50.6 Å². The zero-order valence-corrected chi connectivity index (χ0v) is 35.6. The number of carbonyl (C=O) groups excluding carboxylic acids is 1. The number of nitrogens with zero attached hydrogens (tertiary/aromatic N) is 3. The fraction of sp³-hybridized carbons (Fsp3) is 0.762. The third-order valence-electron chi connectivity index (χ3n) is 8.81. The number of aromatic amines is 1. The first kappa shape index (κ1) is 55.4. The maximum atomic E-state index is 12.9. The number of nitrogens with one attached hydrogen (secondary N) is 1. The average Bonchev–Trinajstić information content (AvgIpc) is 3.54. The molecule has 12 heteroatoms. The summed E-state index contributed by atoms with van der Waals surface area (Å²) in [6.07, 6.45) is 9.72. The van der Waals surface area contributed by atoms with Gasteiger partial charge in [-0.05, 0) is 63.4 Å². The quantitative estimate of drug-likeness (QED) is 0.0785. The van der Waals surface area contributed by atoms with E-state index >= 15 is 0 Å². The number of alkyl halides is 6. The lowest BCUT2D eigenvalue weighted by atomic mass is 9.90. The van der Waals surface area contributed by atoms with Gasteiger partial charge in [-0.25, -0.2) is 5.10 Å². The number of hydrogen-bond donors (Lipinski definition) is 1. The van der Waals surface area contributed by atoms with Crippen LogP contribution >= 0.6 is 0 Å². The third-order valence-corrected chi connectivity index (χ3v) is 8.81. The van der Waals surface area contributed by atoms with Crippen molar-refractivity contribution in [2.45, 2.75) is 185 Å². The predicted molar refractivity (Wildman–Crippen MR) is 215 cm³/mol. The number of aromatic nitrogens is 2. The van der Waals surface area contributed by atoms with Gasteiger partial charge in [0.25, 0.3) is 5.56 Å². The Morgan fingerprint density at radius 3 is 1.81 bits per heavy atom. The lowest BCUT2D eigenvalue weighted by molar-refractivity contribution is -0.139. The van der Waals surface area contributed by atoms with Crippen LogP contribution in [0.3, 0.4) is 0 Å². The van der Waals surface area contributed by atoms with Gasteiger partial charge < -0.3 is 4.90 Å². The van der Waals surface area contributed by atoms with Crippen LogP contribution in [-0.2, 0) is 17.4 Å². The van der Waals surface area contributed by atoms with Gasteiger partial charge in [-0.1, -0.05) is 133 Å². The molecule has 0 aromatic carbocycles. The van der Waals surface area contributed by atoms with Crippen molar-refractivity contribution in [3.63, 3.8) is 0 Å². The van der Waals surface area contributed by atoms with E-state index in [2.05, 4.69) is 58.6 Å². The second-order valence-electron chi connectivity index (χ2n) is 13.9. The first-order chi connectivity index (χ1) is 25.3. The molecule has 2 atom stereocenters. The largest absolute Gasteiger partial charge is 0.422 e. The smallest absolute Gasteiger partial charge is 0.345 e. The Balaban J connectivity index is -0.000000648.